The van der Waals surface area contributed by atoms with Gasteiger partial charge in [0.25, 0.3) is 0 Å². The Morgan fingerprint density at radius 3 is 2.61 bits per heavy atom. The van der Waals surface area contributed by atoms with Crippen LogP contribution in [-0.4, -0.2) is 18.2 Å². The predicted octanol–water partition coefficient (Wildman–Crippen LogP) is 3.15. The van der Waals surface area contributed by atoms with E-state index in [1.165, 1.54) is 10.5 Å². The minimum atomic E-state index is 0.633. The summed E-state index contributed by atoms with van der Waals surface area (Å²) in [6, 6.07) is 10.2. The number of hydrogen-bond donors (Lipinski definition) is 0. The van der Waals surface area contributed by atoms with Crippen molar-refractivity contribution in [2.75, 3.05) is 13.2 Å². The Morgan fingerprint density at radius 2 is 1.78 bits per heavy atom. The van der Waals surface area contributed by atoms with Gasteiger partial charge in [0.05, 0.1) is 0 Å². The van der Waals surface area contributed by atoms with Crippen LogP contribution in [0, 0.1) is 0 Å². The molecule has 0 aliphatic carbocycles. The maximum atomic E-state index is 5.57. The van der Waals surface area contributed by atoms with E-state index in [9.17, 15) is 0 Å². The number of aromatic nitrogens is 1. The summed E-state index contributed by atoms with van der Waals surface area (Å²) in [5.74, 6) is 2.62. The molecule has 1 aliphatic heterocycles. The molecule has 1 aliphatic rings. The topological polar surface area (TPSA) is 31.4 Å². The van der Waals surface area contributed by atoms with E-state index in [4.69, 9.17) is 9.47 Å². The fraction of sp³-hybridized carbons (Fsp3) is 0.214. The summed E-state index contributed by atoms with van der Waals surface area (Å²) in [7, 11) is 0. The first kappa shape index (κ1) is 11.4. The zero-order valence-corrected chi connectivity index (χ0v) is 10.7. The lowest BCUT2D eigenvalue weighted by atomic mass is 10.2. The second-order valence-corrected chi connectivity index (χ2v) is 5.00. The highest BCUT2D eigenvalue weighted by molar-refractivity contribution is 7.98. The van der Waals surface area contributed by atoms with Crippen molar-refractivity contribution in [2.45, 2.75) is 10.6 Å². The second-order valence-electron chi connectivity index (χ2n) is 3.95. The lowest BCUT2D eigenvalue weighted by molar-refractivity contribution is 0.171. The summed E-state index contributed by atoms with van der Waals surface area (Å²) in [5.41, 5.74) is 1.24. The fourth-order valence-corrected chi connectivity index (χ4v) is 2.61. The monoisotopic (exact) mass is 259 g/mol. The third-order valence-electron chi connectivity index (χ3n) is 2.66. The van der Waals surface area contributed by atoms with Crippen molar-refractivity contribution in [3.8, 4) is 11.5 Å². The van der Waals surface area contributed by atoms with Crippen molar-refractivity contribution in [3.63, 3.8) is 0 Å². The highest BCUT2D eigenvalue weighted by Gasteiger charge is 2.11. The van der Waals surface area contributed by atoms with E-state index in [2.05, 4.69) is 17.1 Å². The van der Waals surface area contributed by atoms with Crippen LogP contribution >= 0.6 is 11.8 Å². The molecule has 2 heterocycles. The van der Waals surface area contributed by atoms with Crippen LogP contribution in [0.1, 0.15) is 5.56 Å². The van der Waals surface area contributed by atoms with Gasteiger partial charge in [0.15, 0.2) is 11.5 Å². The van der Waals surface area contributed by atoms with Crippen molar-refractivity contribution in [1.82, 2.24) is 4.98 Å². The standard InChI is InChI=1S/C14H13NO2S/c1-2-13-14(17-8-7-16-13)9-11(1)10-18-12-3-5-15-6-4-12/h1-6,9H,7-8,10H2. The molecule has 2 aromatic rings. The number of thioether (sulfide) groups is 1. The van der Waals surface area contributed by atoms with Gasteiger partial charge in [-0.25, -0.2) is 0 Å². The van der Waals surface area contributed by atoms with Crippen molar-refractivity contribution in [1.29, 1.82) is 0 Å². The van der Waals surface area contributed by atoms with Crippen LogP contribution in [0.25, 0.3) is 0 Å². The van der Waals surface area contributed by atoms with Gasteiger partial charge in [-0.2, -0.15) is 0 Å². The molecular weight excluding hydrogens is 246 g/mol. The number of fused-ring (bicyclic) bond motifs is 1. The molecule has 0 saturated carbocycles. The SMILES string of the molecule is c1cc(SCc2ccc3c(c2)OCCO3)ccn1. The molecule has 18 heavy (non-hydrogen) atoms. The highest BCUT2D eigenvalue weighted by Crippen LogP contribution is 2.32. The van der Waals surface area contributed by atoms with Crippen molar-refractivity contribution in [2.24, 2.45) is 0 Å². The Bertz CT molecular complexity index is 531. The van der Waals surface area contributed by atoms with Gasteiger partial charge >= 0.3 is 0 Å². The molecule has 4 heteroatoms. The van der Waals surface area contributed by atoms with E-state index in [0.29, 0.717) is 13.2 Å². The van der Waals surface area contributed by atoms with Crippen molar-refractivity contribution < 1.29 is 9.47 Å². The Balaban J connectivity index is 1.70. The quantitative estimate of drug-likeness (QED) is 0.792. The maximum absolute atomic E-state index is 5.57. The predicted molar refractivity (Wildman–Crippen MR) is 71.2 cm³/mol. The number of hydrogen-bond acceptors (Lipinski definition) is 4. The first-order valence-corrected chi connectivity index (χ1v) is 6.82. The summed E-state index contributed by atoms with van der Waals surface area (Å²) in [4.78, 5) is 5.23. The number of nitrogens with zero attached hydrogens (tertiary/aromatic N) is 1. The molecule has 92 valence electrons. The molecule has 0 unspecified atom stereocenters. The molecule has 0 N–H and O–H groups in total. The minimum absolute atomic E-state index is 0.633. The Hall–Kier alpha value is -1.68. The molecule has 0 spiro atoms. The molecule has 1 aromatic heterocycles. The third kappa shape index (κ3) is 2.59. The molecule has 0 saturated heterocycles. The number of benzene rings is 1. The highest BCUT2D eigenvalue weighted by atomic mass is 32.2. The number of pyridine rings is 1. The van der Waals surface area contributed by atoms with Gasteiger partial charge in [-0.3, -0.25) is 4.98 Å². The average molecular weight is 259 g/mol. The maximum Gasteiger partial charge on any atom is 0.161 e. The normalized spacial score (nSPS) is 13.3. The Labute approximate surface area is 110 Å². The van der Waals surface area contributed by atoms with E-state index in [1.54, 1.807) is 11.8 Å². The Kier molecular flexibility index (Phi) is 3.37. The van der Waals surface area contributed by atoms with Crippen LogP contribution in [-0.2, 0) is 5.75 Å². The van der Waals surface area contributed by atoms with E-state index >= 15 is 0 Å². The molecule has 0 fully saturated rings. The van der Waals surface area contributed by atoms with Crippen LogP contribution in [0.5, 0.6) is 11.5 Å². The molecule has 0 atom stereocenters. The van der Waals surface area contributed by atoms with Gasteiger partial charge in [-0.15, -0.1) is 11.8 Å². The van der Waals surface area contributed by atoms with Gasteiger partial charge in [-0.05, 0) is 29.8 Å². The Morgan fingerprint density at radius 1 is 1.00 bits per heavy atom. The van der Waals surface area contributed by atoms with Crippen molar-refractivity contribution in [3.05, 3.63) is 48.3 Å². The summed E-state index contributed by atoms with van der Waals surface area (Å²) in [6.07, 6.45) is 3.62. The van der Waals surface area contributed by atoms with Gasteiger partial charge in [0.2, 0.25) is 0 Å². The van der Waals surface area contributed by atoms with Gasteiger partial charge in [0, 0.05) is 23.0 Å². The summed E-state index contributed by atoms with van der Waals surface area (Å²) < 4.78 is 11.1. The first-order valence-electron chi connectivity index (χ1n) is 5.83. The first-order chi connectivity index (χ1) is 8.92. The number of rotatable bonds is 3. The largest absolute Gasteiger partial charge is 0.486 e. The molecular formula is C14H13NO2S. The van der Waals surface area contributed by atoms with Crippen LogP contribution in [0.3, 0.4) is 0 Å². The smallest absolute Gasteiger partial charge is 0.161 e. The van der Waals surface area contributed by atoms with Crippen molar-refractivity contribution >= 4 is 11.8 Å². The molecule has 0 bridgehead atoms. The van der Waals surface area contributed by atoms with Crippen LogP contribution in [0.2, 0.25) is 0 Å². The second kappa shape index (κ2) is 5.31. The zero-order valence-electron chi connectivity index (χ0n) is 9.83. The van der Waals surface area contributed by atoms with Crippen LogP contribution in [0.4, 0.5) is 0 Å². The fourth-order valence-electron chi connectivity index (χ4n) is 1.78. The summed E-state index contributed by atoms with van der Waals surface area (Å²) in [5, 5.41) is 0. The molecule has 3 rings (SSSR count). The molecule has 0 radical (unpaired) electrons. The molecule has 0 amide bonds. The van der Waals surface area contributed by atoms with E-state index < -0.39 is 0 Å². The van der Waals surface area contributed by atoms with E-state index in [0.717, 1.165) is 17.3 Å². The van der Waals surface area contributed by atoms with Gasteiger partial charge in [0.1, 0.15) is 13.2 Å². The zero-order chi connectivity index (χ0) is 12.2. The van der Waals surface area contributed by atoms with E-state index in [1.807, 2.05) is 30.6 Å². The average Bonchev–Trinajstić information content (AvgIpc) is 2.46. The number of ether oxygens (including phenoxy) is 2. The van der Waals surface area contributed by atoms with Crippen LogP contribution in [0.15, 0.2) is 47.6 Å². The van der Waals surface area contributed by atoms with Crippen LogP contribution < -0.4 is 9.47 Å². The summed E-state index contributed by atoms with van der Waals surface area (Å²) in [6.45, 7) is 1.27. The lowest BCUT2D eigenvalue weighted by Gasteiger charge is -2.18. The minimum Gasteiger partial charge on any atom is -0.486 e. The lowest BCUT2D eigenvalue weighted by Crippen LogP contribution is -2.15. The van der Waals surface area contributed by atoms with E-state index in [-0.39, 0.29) is 0 Å². The van der Waals surface area contributed by atoms with Gasteiger partial charge in [-0.1, -0.05) is 6.07 Å². The third-order valence-corrected chi connectivity index (χ3v) is 3.74. The molecule has 3 nitrogen and oxygen atoms in total. The van der Waals surface area contributed by atoms with Gasteiger partial charge < -0.3 is 9.47 Å². The molecule has 1 aromatic carbocycles. The summed E-state index contributed by atoms with van der Waals surface area (Å²) >= 11 is 1.79.